The molecular formula is C23H25NO4S. The summed E-state index contributed by atoms with van der Waals surface area (Å²) >= 11 is 1.47. The van der Waals surface area contributed by atoms with Crippen molar-refractivity contribution in [1.82, 2.24) is 4.90 Å². The Hall–Kier alpha value is -2.60. The van der Waals surface area contributed by atoms with Crippen molar-refractivity contribution in [3.63, 3.8) is 0 Å². The first-order valence-electron chi connectivity index (χ1n) is 9.68. The monoisotopic (exact) mass is 411 g/mol. The Bertz CT molecular complexity index is 867. The molecule has 0 saturated carbocycles. The highest BCUT2D eigenvalue weighted by Gasteiger charge is 2.49. The highest BCUT2D eigenvalue weighted by Crippen LogP contribution is 2.39. The van der Waals surface area contributed by atoms with Gasteiger partial charge < -0.3 is 9.64 Å². The lowest BCUT2D eigenvalue weighted by Gasteiger charge is -2.33. The van der Waals surface area contributed by atoms with E-state index in [0.717, 1.165) is 6.42 Å². The van der Waals surface area contributed by atoms with Crippen LogP contribution in [-0.4, -0.2) is 45.8 Å². The van der Waals surface area contributed by atoms with Crippen LogP contribution in [-0.2, 0) is 20.7 Å². The van der Waals surface area contributed by atoms with Crippen LogP contribution in [0.5, 0.6) is 0 Å². The second kappa shape index (κ2) is 9.27. The maximum absolute atomic E-state index is 12.9. The molecule has 1 amide bonds. The van der Waals surface area contributed by atoms with Gasteiger partial charge >= 0.3 is 5.97 Å². The zero-order chi connectivity index (χ0) is 20.9. The van der Waals surface area contributed by atoms with E-state index in [4.69, 9.17) is 4.74 Å². The first kappa shape index (κ1) is 21.1. The molecule has 0 radical (unpaired) electrons. The van der Waals surface area contributed by atoms with Gasteiger partial charge in [-0.2, -0.15) is 0 Å². The molecule has 3 rings (SSSR count). The van der Waals surface area contributed by atoms with E-state index in [2.05, 4.69) is 0 Å². The molecule has 152 valence electrons. The largest absolute Gasteiger partial charge is 0.464 e. The molecule has 1 aliphatic rings. The molecule has 6 heteroatoms. The van der Waals surface area contributed by atoms with Crippen molar-refractivity contribution in [2.24, 2.45) is 0 Å². The van der Waals surface area contributed by atoms with Crippen LogP contribution in [0.4, 0.5) is 0 Å². The van der Waals surface area contributed by atoms with Gasteiger partial charge in [0.15, 0.2) is 0 Å². The van der Waals surface area contributed by atoms with Crippen LogP contribution in [0.2, 0.25) is 0 Å². The van der Waals surface area contributed by atoms with Gasteiger partial charge in [-0.05, 0) is 32.3 Å². The van der Waals surface area contributed by atoms with E-state index in [-0.39, 0.29) is 6.61 Å². The van der Waals surface area contributed by atoms with Gasteiger partial charge in [-0.1, -0.05) is 60.7 Å². The summed E-state index contributed by atoms with van der Waals surface area (Å²) in [4.78, 5) is 39.0. The SMILES string of the molecule is CC1(C)SC[C@@H](C(=O)OCCCc2ccccc2)N1C(=O)C(=O)c1ccccc1. The van der Waals surface area contributed by atoms with Gasteiger partial charge in [-0.25, -0.2) is 4.79 Å². The van der Waals surface area contributed by atoms with Crippen molar-refractivity contribution < 1.29 is 19.1 Å². The van der Waals surface area contributed by atoms with Gasteiger partial charge in [0.05, 0.1) is 11.5 Å². The normalized spacial score (nSPS) is 17.7. The number of nitrogens with zero attached hydrogens (tertiary/aromatic N) is 1. The highest BCUT2D eigenvalue weighted by atomic mass is 32.2. The summed E-state index contributed by atoms with van der Waals surface area (Å²) in [7, 11) is 0. The Morgan fingerprint density at radius 3 is 2.31 bits per heavy atom. The van der Waals surface area contributed by atoms with Gasteiger partial charge in [-0.15, -0.1) is 11.8 Å². The lowest BCUT2D eigenvalue weighted by Crippen LogP contribution is -2.52. The van der Waals surface area contributed by atoms with Gasteiger partial charge in [0.1, 0.15) is 6.04 Å². The number of carbonyl (C=O) groups excluding carboxylic acids is 3. The number of thioether (sulfide) groups is 1. The molecule has 5 nitrogen and oxygen atoms in total. The number of esters is 1. The van der Waals surface area contributed by atoms with Gasteiger partial charge in [0, 0.05) is 11.3 Å². The lowest BCUT2D eigenvalue weighted by molar-refractivity contribution is -0.154. The second-order valence-corrected chi connectivity index (χ2v) is 9.02. The Morgan fingerprint density at radius 2 is 1.66 bits per heavy atom. The van der Waals surface area contributed by atoms with E-state index in [0.29, 0.717) is 17.7 Å². The van der Waals surface area contributed by atoms with Crippen molar-refractivity contribution >= 4 is 29.4 Å². The lowest BCUT2D eigenvalue weighted by atomic mass is 10.1. The van der Waals surface area contributed by atoms with Crippen molar-refractivity contribution in [2.75, 3.05) is 12.4 Å². The van der Waals surface area contributed by atoms with E-state index in [9.17, 15) is 14.4 Å². The first-order chi connectivity index (χ1) is 13.9. The average molecular weight is 412 g/mol. The molecule has 2 aromatic carbocycles. The fraction of sp³-hybridized carbons (Fsp3) is 0.348. The maximum Gasteiger partial charge on any atom is 0.329 e. The van der Waals surface area contributed by atoms with Crippen molar-refractivity contribution in [2.45, 2.75) is 37.6 Å². The molecule has 1 saturated heterocycles. The minimum atomic E-state index is -0.758. The number of hydrogen-bond donors (Lipinski definition) is 0. The summed E-state index contributed by atoms with van der Waals surface area (Å²) in [6.07, 6.45) is 1.52. The number of aryl methyl sites for hydroxylation is 1. The summed E-state index contributed by atoms with van der Waals surface area (Å²) < 4.78 is 5.45. The third-order valence-corrected chi connectivity index (χ3v) is 6.29. The zero-order valence-electron chi connectivity index (χ0n) is 16.7. The molecule has 0 aromatic heterocycles. The van der Waals surface area contributed by atoms with E-state index in [1.54, 1.807) is 30.3 Å². The molecule has 0 N–H and O–H groups in total. The number of benzene rings is 2. The molecule has 0 unspecified atom stereocenters. The molecule has 1 aliphatic heterocycles. The number of hydrogen-bond acceptors (Lipinski definition) is 5. The fourth-order valence-corrected chi connectivity index (χ4v) is 4.57. The molecule has 0 aliphatic carbocycles. The summed E-state index contributed by atoms with van der Waals surface area (Å²) in [5.41, 5.74) is 1.51. The molecule has 1 atom stereocenters. The summed E-state index contributed by atoms with van der Waals surface area (Å²) in [5, 5.41) is 0. The number of ketones is 1. The number of amides is 1. The quantitative estimate of drug-likeness (QED) is 0.301. The minimum Gasteiger partial charge on any atom is -0.464 e. The molecule has 1 heterocycles. The summed E-state index contributed by atoms with van der Waals surface area (Å²) in [5.74, 6) is -1.32. The van der Waals surface area contributed by atoms with Crippen LogP contribution in [0.1, 0.15) is 36.2 Å². The first-order valence-corrected chi connectivity index (χ1v) is 10.7. The molecule has 1 fully saturated rings. The Kier molecular flexibility index (Phi) is 6.75. The number of carbonyl (C=O) groups is 3. The molecule has 0 spiro atoms. The van der Waals surface area contributed by atoms with Gasteiger partial charge in [0.25, 0.3) is 5.91 Å². The summed E-state index contributed by atoms with van der Waals surface area (Å²) in [6.45, 7) is 3.97. The molecular weight excluding hydrogens is 386 g/mol. The Balaban J connectivity index is 1.62. The van der Waals surface area contributed by atoms with E-state index in [1.807, 2.05) is 44.2 Å². The standard InChI is InChI=1S/C23H25NO4S/c1-23(2)24(21(26)20(25)18-13-7-4-8-14-18)19(16-29-23)22(27)28-15-9-12-17-10-5-3-6-11-17/h3-8,10-11,13-14,19H,9,12,15-16H2,1-2H3/t19-/m0/s1. The molecule has 2 aromatic rings. The zero-order valence-corrected chi connectivity index (χ0v) is 17.5. The third kappa shape index (κ3) is 5.07. The average Bonchev–Trinajstić information content (AvgIpc) is 3.06. The number of Topliss-reactive ketones (excluding diaryl/α,β-unsaturated/α-hetero) is 1. The van der Waals surface area contributed by atoms with E-state index in [1.165, 1.54) is 22.2 Å². The van der Waals surface area contributed by atoms with Crippen molar-refractivity contribution in [3.05, 3.63) is 71.8 Å². The maximum atomic E-state index is 12.9. The van der Waals surface area contributed by atoms with Crippen LogP contribution < -0.4 is 0 Å². The highest BCUT2D eigenvalue weighted by molar-refractivity contribution is 8.00. The topological polar surface area (TPSA) is 63.7 Å². The molecule has 0 bridgehead atoms. The Labute approximate surface area is 175 Å². The van der Waals surface area contributed by atoms with Gasteiger partial charge in [-0.3, -0.25) is 9.59 Å². The second-order valence-electron chi connectivity index (χ2n) is 7.40. The van der Waals surface area contributed by atoms with E-state index < -0.39 is 28.6 Å². The predicted octanol–water partition coefficient (Wildman–Crippen LogP) is 3.73. The van der Waals surface area contributed by atoms with Crippen LogP contribution in [0.25, 0.3) is 0 Å². The van der Waals surface area contributed by atoms with Crippen LogP contribution in [0.15, 0.2) is 60.7 Å². The van der Waals surface area contributed by atoms with Gasteiger partial charge in [0.2, 0.25) is 5.78 Å². The third-order valence-electron chi connectivity index (χ3n) is 4.90. The molecule has 29 heavy (non-hydrogen) atoms. The smallest absolute Gasteiger partial charge is 0.329 e. The fourth-order valence-electron chi connectivity index (χ4n) is 3.37. The van der Waals surface area contributed by atoms with E-state index >= 15 is 0 Å². The predicted molar refractivity (Wildman–Crippen MR) is 114 cm³/mol. The van der Waals surface area contributed by atoms with Crippen LogP contribution in [0.3, 0.4) is 0 Å². The van der Waals surface area contributed by atoms with Crippen molar-refractivity contribution in [3.8, 4) is 0 Å². The number of ether oxygens (including phenoxy) is 1. The minimum absolute atomic E-state index is 0.282. The Morgan fingerprint density at radius 1 is 1.03 bits per heavy atom. The van der Waals surface area contributed by atoms with Crippen LogP contribution >= 0.6 is 11.8 Å². The number of rotatable bonds is 7. The summed E-state index contributed by atoms with van der Waals surface area (Å²) in [6, 6.07) is 17.6. The van der Waals surface area contributed by atoms with Crippen LogP contribution in [0, 0.1) is 0 Å². The van der Waals surface area contributed by atoms with Crippen molar-refractivity contribution in [1.29, 1.82) is 0 Å².